The van der Waals surface area contributed by atoms with Crippen molar-refractivity contribution < 1.29 is 0 Å². The Kier molecular flexibility index (Phi) is 8.74. The third kappa shape index (κ3) is 6.14. The van der Waals surface area contributed by atoms with Crippen molar-refractivity contribution in [2.24, 2.45) is 5.73 Å². The van der Waals surface area contributed by atoms with Crippen LogP contribution in [0.1, 0.15) is 23.7 Å². The molecule has 2 aromatic rings. The number of nitrogens with two attached hydrogens (primary N) is 1. The average Bonchev–Trinajstić information content (AvgIpc) is 2.67. The van der Waals surface area contributed by atoms with E-state index in [9.17, 15) is 0 Å². The summed E-state index contributed by atoms with van der Waals surface area (Å²) in [5.41, 5.74) is 18.9. The molecule has 1 aromatic carbocycles. The predicted molar refractivity (Wildman–Crippen MR) is 106 cm³/mol. The van der Waals surface area contributed by atoms with Crippen LogP contribution in [-0.4, -0.2) is 22.3 Å². The summed E-state index contributed by atoms with van der Waals surface area (Å²) in [6, 6.07) is 11.3. The van der Waals surface area contributed by atoms with Crippen LogP contribution in [0.25, 0.3) is 5.70 Å². The number of amidine groups is 1. The van der Waals surface area contributed by atoms with E-state index < -0.39 is 0 Å². The molecule has 26 heavy (non-hydrogen) atoms. The second kappa shape index (κ2) is 10.8. The van der Waals surface area contributed by atoms with Crippen molar-refractivity contribution in [3.8, 4) is 0 Å². The number of hydrogen-bond donors (Lipinski definition) is 4. The highest BCUT2D eigenvalue weighted by atomic mass is 35.5. The van der Waals surface area contributed by atoms with Gasteiger partial charge in [0.2, 0.25) is 0 Å². The lowest BCUT2D eigenvalue weighted by Crippen LogP contribution is -2.19. The molecule has 2 rings (SSSR count). The molecule has 0 aliphatic heterocycles. The van der Waals surface area contributed by atoms with Gasteiger partial charge in [0.15, 0.2) is 0 Å². The first-order valence-electron chi connectivity index (χ1n) is 7.90. The molecule has 136 valence electrons. The van der Waals surface area contributed by atoms with E-state index in [2.05, 4.69) is 11.6 Å². The molecule has 6 nitrogen and oxygen atoms in total. The van der Waals surface area contributed by atoms with Crippen LogP contribution in [0.5, 0.6) is 0 Å². The van der Waals surface area contributed by atoms with E-state index >= 15 is 0 Å². The molecule has 0 amide bonds. The molecular weight excluding hydrogens is 348 g/mol. The van der Waals surface area contributed by atoms with Crippen molar-refractivity contribution in [3.63, 3.8) is 0 Å². The predicted octanol–water partition coefficient (Wildman–Crippen LogP) is 4.66. The molecule has 0 fully saturated rings. The van der Waals surface area contributed by atoms with Gasteiger partial charge >= 0.3 is 0 Å². The van der Waals surface area contributed by atoms with Crippen LogP contribution < -0.4 is 5.73 Å². The zero-order valence-corrected chi connectivity index (χ0v) is 15.4. The molecule has 0 unspecified atom stereocenters. The molecule has 0 spiro atoms. The van der Waals surface area contributed by atoms with Crippen molar-refractivity contribution in [1.82, 2.24) is 9.88 Å². The van der Waals surface area contributed by atoms with Crippen LogP contribution in [0, 0.1) is 16.5 Å². The third-order valence-corrected chi connectivity index (χ3v) is 3.85. The molecule has 1 aromatic heterocycles. The summed E-state index contributed by atoms with van der Waals surface area (Å²) in [5, 5.41) is 8.29. The maximum absolute atomic E-state index is 7.55. The molecule has 1 heterocycles. The summed E-state index contributed by atoms with van der Waals surface area (Å²) >= 11 is 5.92. The van der Waals surface area contributed by atoms with Crippen LogP contribution in [-0.2, 0) is 6.42 Å². The van der Waals surface area contributed by atoms with E-state index in [-0.39, 0.29) is 5.84 Å². The van der Waals surface area contributed by atoms with Crippen LogP contribution in [0.2, 0.25) is 5.02 Å². The quantitative estimate of drug-likeness (QED) is 0.322. The molecule has 0 saturated heterocycles. The van der Waals surface area contributed by atoms with Gasteiger partial charge in [0.05, 0.1) is 11.4 Å². The Bertz CT molecular complexity index is 770. The first kappa shape index (κ1) is 21.1. The minimum absolute atomic E-state index is 0.0187. The minimum atomic E-state index is 0.0187. The Morgan fingerprint density at radius 1 is 1.27 bits per heavy atom. The number of allylic oxidation sites excluding steroid dienone is 1. The fourth-order valence-electron chi connectivity index (χ4n) is 2.28. The van der Waals surface area contributed by atoms with E-state index in [4.69, 9.17) is 33.8 Å². The summed E-state index contributed by atoms with van der Waals surface area (Å²) in [5.74, 6) is 0.0187. The number of aromatic nitrogens is 1. The standard InChI is InChI=1S/C19H21ClN4.H2N2/c1-3-11-24(12-9-15-4-6-17(20)7-5-15)14(2)18-13-16(19(21)22)8-10-23-18;1-2/h3-8,10-11,13H,2,9,12H2,1H3,(H3,21,22);1-2H/b11-3-;. The van der Waals surface area contributed by atoms with Gasteiger partial charge in [-0.2, -0.15) is 0 Å². The molecule has 0 aliphatic carbocycles. The fourth-order valence-corrected chi connectivity index (χ4v) is 2.41. The van der Waals surface area contributed by atoms with E-state index in [1.165, 1.54) is 5.56 Å². The average molecular weight is 371 g/mol. The monoisotopic (exact) mass is 370 g/mol. The van der Waals surface area contributed by atoms with Crippen molar-refractivity contribution >= 4 is 23.1 Å². The van der Waals surface area contributed by atoms with Gasteiger partial charge in [-0.15, -0.1) is 0 Å². The molecule has 0 aliphatic rings. The Labute approximate surface area is 158 Å². The second-order valence-corrected chi connectivity index (χ2v) is 5.78. The zero-order valence-electron chi connectivity index (χ0n) is 14.7. The Hall–Kier alpha value is -2.99. The normalized spacial score (nSPS) is 10.1. The van der Waals surface area contributed by atoms with E-state index in [1.54, 1.807) is 18.3 Å². The Morgan fingerprint density at radius 2 is 1.92 bits per heavy atom. The Morgan fingerprint density at radius 3 is 2.50 bits per heavy atom. The first-order valence-corrected chi connectivity index (χ1v) is 8.27. The van der Waals surface area contributed by atoms with E-state index in [0.717, 1.165) is 23.7 Å². The van der Waals surface area contributed by atoms with Crippen LogP contribution in [0.3, 0.4) is 0 Å². The summed E-state index contributed by atoms with van der Waals surface area (Å²) < 4.78 is 0. The van der Waals surface area contributed by atoms with Gasteiger partial charge in [-0.1, -0.05) is 36.4 Å². The topological polar surface area (TPSA) is 114 Å². The second-order valence-electron chi connectivity index (χ2n) is 5.34. The highest BCUT2D eigenvalue weighted by Gasteiger charge is 2.10. The number of rotatable bonds is 7. The molecule has 0 bridgehead atoms. The van der Waals surface area contributed by atoms with Gasteiger partial charge in [0, 0.05) is 23.3 Å². The third-order valence-electron chi connectivity index (χ3n) is 3.60. The van der Waals surface area contributed by atoms with Gasteiger partial charge < -0.3 is 10.6 Å². The van der Waals surface area contributed by atoms with Crippen LogP contribution >= 0.6 is 11.6 Å². The largest absolute Gasteiger partial charge is 0.384 e. The van der Waals surface area contributed by atoms with Gasteiger partial charge in [0.25, 0.3) is 0 Å². The number of benzene rings is 1. The smallest absolute Gasteiger partial charge is 0.122 e. The highest BCUT2D eigenvalue weighted by Crippen LogP contribution is 2.18. The summed E-state index contributed by atoms with van der Waals surface area (Å²) in [7, 11) is 0. The SMILES string of the molecule is C=C(c1cc(C(=N)N)ccn1)N(/C=C\C)CCc1ccc(Cl)cc1.N=N. The molecule has 5 N–H and O–H groups in total. The van der Waals surface area contributed by atoms with Gasteiger partial charge in [-0.3, -0.25) is 10.4 Å². The van der Waals surface area contributed by atoms with Gasteiger partial charge in [0.1, 0.15) is 5.84 Å². The lowest BCUT2D eigenvalue weighted by molar-refractivity contribution is 0.531. The maximum atomic E-state index is 7.55. The van der Waals surface area contributed by atoms with Crippen molar-refractivity contribution in [3.05, 3.63) is 83.3 Å². The number of halogens is 1. The lowest BCUT2D eigenvalue weighted by atomic mass is 10.1. The van der Waals surface area contributed by atoms with Gasteiger partial charge in [-0.05, 0) is 49.4 Å². The van der Waals surface area contributed by atoms with Crippen LogP contribution in [0.15, 0.2) is 61.4 Å². The molecule has 0 saturated carbocycles. The summed E-state index contributed by atoms with van der Waals surface area (Å²) in [4.78, 5) is 6.39. The molecular formula is C19H23ClN6. The van der Waals surface area contributed by atoms with Crippen molar-refractivity contribution in [1.29, 1.82) is 16.5 Å². The highest BCUT2D eigenvalue weighted by molar-refractivity contribution is 6.30. The maximum Gasteiger partial charge on any atom is 0.122 e. The number of pyridine rings is 1. The van der Waals surface area contributed by atoms with Crippen molar-refractivity contribution in [2.75, 3.05) is 6.54 Å². The minimum Gasteiger partial charge on any atom is -0.384 e. The zero-order chi connectivity index (χ0) is 19.5. The summed E-state index contributed by atoms with van der Waals surface area (Å²) in [6.45, 7) is 6.87. The molecule has 0 radical (unpaired) electrons. The number of hydrogen-bond acceptors (Lipinski definition) is 5. The molecule has 7 heteroatoms. The van der Waals surface area contributed by atoms with Crippen molar-refractivity contribution in [2.45, 2.75) is 13.3 Å². The van der Waals surface area contributed by atoms with Crippen LogP contribution in [0.4, 0.5) is 0 Å². The molecule has 0 atom stereocenters. The first-order chi connectivity index (χ1) is 12.5. The Balaban J connectivity index is 0.00000163. The van der Waals surface area contributed by atoms with E-state index in [0.29, 0.717) is 11.3 Å². The summed E-state index contributed by atoms with van der Waals surface area (Å²) in [6.07, 6.45) is 6.43. The fraction of sp³-hybridized carbons (Fsp3) is 0.158. The van der Waals surface area contributed by atoms with Gasteiger partial charge in [-0.25, -0.2) is 11.1 Å². The lowest BCUT2D eigenvalue weighted by Gasteiger charge is -2.22. The number of nitrogen functional groups attached to an aromatic ring is 1. The van der Waals surface area contributed by atoms with E-state index in [1.807, 2.05) is 48.4 Å². The number of nitrogens with one attached hydrogen (secondary N) is 3. The number of nitrogens with zero attached hydrogens (tertiary/aromatic N) is 2.